The van der Waals surface area contributed by atoms with Crippen molar-refractivity contribution < 1.29 is 9.15 Å². The molecule has 2 heterocycles. The Morgan fingerprint density at radius 1 is 0.800 bits per heavy atom. The van der Waals surface area contributed by atoms with Crippen molar-refractivity contribution in [1.82, 2.24) is 4.98 Å². The van der Waals surface area contributed by atoms with Gasteiger partial charge in [0.25, 0.3) is 0 Å². The fraction of sp³-hybridized carbons (Fsp3) is 0. The quantitative estimate of drug-likeness (QED) is 0.521. The Morgan fingerprint density at radius 2 is 1.65 bits per heavy atom. The third-order valence-corrected chi connectivity index (χ3v) is 3.21. The van der Waals surface area contributed by atoms with E-state index in [1.165, 1.54) is 0 Å². The van der Waals surface area contributed by atoms with E-state index < -0.39 is 0 Å². The van der Waals surface area contributed by atoms with E-state index in [4.69, 9.17) is 9.15 Å². The minimum absolute atomic E-state index is 0.583. The molecular weight excluding hydrogens is 250 g/mol. The first kappa shape index (κ1) is 11.1. The molecule has 0 N–H and O–H groups in total. The van der Waals surface area contributed by atoms with Gasteiger partial charge in [-0.2, -0.15) is 0 Å². The second-order valence-electron chi connectivity index (χ2n) is 4.53. The molecule has 3 heteroatoms. The number of nitrogens with zero attached hydrogens (tertiary/aromatic N) is 1. The molecule has 0 aliphatic rings. The molecule has 3 nitrogen and oxygen atoms in total. The number of pyridine rings is 1. The lowest BCUT2D eigenvalue weighted by molar-refractivity contribution is 0.463. The molecule has 0 atom stereocenters. The Bertz CT molecular complexity index is 881. The van der Waals surface area contributed by atoms with Gasteiger partial charge in [0.05, 0.1) is 0 Å². The molecule has 4 rings (SSSR count). The van der Waals surface area contributed by atoms with E-state index in [9.17, 15) is 0 Å². The standard InChI is InChI=1S/C17H11NO2/c1-2-6-15-13(5-1)14-11-12(8-9-16(14)20-15)19-17-7-3-4-10-18-17/h1-11H. The second kappa shape index (κ2) is 4.38. The van der Waals surface area contributed by atoms with E-state index in [1.807, 2.05) is 60.7 Å². The largest absolute Gasteiger partial charge is 0.456 e. The van der Waals surface area contributed by atoms with Gasteiger partial charge in [-0.3, -0.25) is 0 Å². The molecule has 0 aliphatic heterocycles. The molecule has 0 bridgehead atoms. The average Bonchev–Trinajstić information content (AvgIpc) is 2.86. The minimum Gasteiger partial charge on any atom is -0.456 e. The Hall–Kier alpha value is -2.81. The number of aromatic nitrogens is 1. The summed E-state index contributed by atoms with van der Waals surface area (Å²) in [7, 11) is 0. The predicted octanol–water partition coefficient (Wildman–Crippen LogP) is 4.77. The Kier molecular flexibility index (Phi) is 2.42. The van der Waals surface area contributed by atoms with Crippen LogP contribution in [0.3, 0.4) is 0 Å². The molecule has 0 unspecified atom stereocenters. The summed E-state index contributed by atoms with van der Waals surface area (Å²) in [5.41, 5.74) is 1.75. The smallest absolute Gasteiger partial charge is 0.219 e. The summed E-state index contributed by atoms with van der Waals surface area (Å²) in [6.45, 7) is 0. The van der Waals surface area contributed by atoms with Crippen molar-refractivity contribution in [2.24, 2.45) is 0 Å². The van der Waals surface area contributed by atoms with Gasteiger partial charge in [0.1, 0.15) is 16.9 Å². The number of para-hydroxylation sites is 1. The van der Waals surface area contributed by atoms with Crippen molar-refractivity contribution in [3.63, 3.8) is 0 Å². The highest BCUT2D eigenvalue weighted by Crippen LogP contribution is 2.32. The Labute approximate surface area is 115 Å². The lowest BCUT2D eigenvalue weighted by atomic mass is 10.1. The van der Waals surface area contributed by atoms with Gasteiger partial charge in [-0.25, -0.2) is 4.98 Å². The van der Waals surface area contributed by atoms with Crippen LogP contribution in [0.2, 0.25) is 0 Å². The second-order valence-corrected chi connectivity index (χ2v) is 4.53. The number of rotatable bonds is 2. The van der Waals surface area contributed by atoms with Crippen LogP contribution in [-0.4, -0.2) is 4.98 Å². The zero-order valence-corrected chi connectivity index (χ0v) is 10.6. The van der Waals surface area contributed by atoms with Crippen LogP contribution in [0.1, 0.15) is 0 Å². The molecule has 4 aromatic rings. The van der Waals surface area contributed by atoms with E-state index in [2.05, 4.69) is 4.98 Å². The molecule has 0 saturated carbocycles. The molecule has 2 aromatic heterocycles. The van der Waals surface area contributed by atoms with Crippen LogP contribution < -0.4 is 4.74 Å². The van der Waals surface area contributed by atoms with E-state index in [0.29, 0.717) is 5.88 Å². The number of fused-ring (bicyclic) bond motifs is 3. The maximum Gasteiger partial charge on any atom is 0.219 e. The lowest BCUT2D eigenvalue weighted by Crippen LogP contribution is -1.85. The van der Waals surface area contributed by atoms with Crippen LogP contribution in [0, 0.1) is 0 Å². The molecule has 0 amide bonds. The van der Waals surface area contributed by atoms with Crippen molar-refractivity contribution >= 4 is 21.9 Å². The van der Waals surface area contributed by atoms with Gasteiger partial charge >= 0.3 is 0 Å². The molecule has 0 fully saturated rings. The highest BCUT2D eigenvalue weighted by Gasteiger charge is 2.07. The van der Waals surface area contributed by atoms with E-state index in [-0.39, 0.29) is 0 Å². The summed E-state index contributed by atoms with van der Waals surface area (Å²) in [5.74, 6) is 1.34. The van der Waals surface area contributed by atoms with Crippen LogP contribution in [0.5, 0.6) is 11.6 Å². The van der Waals surface area contributed by atoms with Gasteiger partial charge in [-0.15, -0.1) is 0 Å². The lowest BCUT2D eigenvalue weighted by Gasteiger charge is -2.03. The Morgan fingerprint density at radius 3 is 2.55 bits per heavy atom. The van der Waals surface area contributed by atoms with Gasteiger partial charge in [0, 0.05) is 23.0 Å². The van der Waals surface area contributed by atoms with Gasteiger partial charge in [0.2, 0.25) is 5.88 Å². The molecule has 0 spiro atoms. The van der Waals surface area contributed by atoms with Gasteiger partial charge in [0.15, 0.2) is 0 Å². The summed E-state index contributed by atoms with van der Waals surface area (Å²) in [5, 5.41) is 2.14. The van der Waals surface area contributed by atoms with Gasteiger partial charge < -0.3 is 9.15 Å². The Balaban J connectivity index is 1.83. The maximum atomic E-state index is 5.79. The number of hydrogen-bond donors (Lipinski definition) is 0. The molecule has 0 saturated heterocycles. The zero-order chi connectivity index (χ0) is 13.4. The van der Waals surface area contributed by atoms with Crippen molar-refractivity contribution in [3.05, 3.63) is 66.9 Å². The van der Waals surface area contributed by atoms with E-state index in [1.54, 1.807) is 6.20 Å². The van der Waals surface area contributed by atoms with Crippen LogP contribution in [0.25, 0.3) is 21.9 Å². The van der Waals surface area contributed by atoms with Crippen molar-refractivity contribution in [1.29, 1.82) is 0 Å². The van der Waals surface area contributed by atoms with Crippen molar-refractivity contribution in [2.75, 3.05) is 0 Å². The predicted molar refractivity (Wildman–Crippen MR) is 78.0 cm³/mol. The fourth-order valence-corrected chi connectivity index (χ4v) is 2.30. The first-order chi connectivity index (χ1) is 9.90. The molecule has 0 radical (unpaired) electrons. The normalized spacial score (nSPS) is 11.0. The first-order valence-corrected chi connectivity index (χ1v) is 6.40. The maximum absolute atomic E-state index is 5.79. The fourth-order valence-electron chi connectivity index (χ4n) is 2.30. The first-order valence-electron chi connectivity index (χ1n) is 6.40. The minimum atomic E-state index is 0.583. The number of furan rings is 1. The van der Waals surface area contributed by atoms with Gasteiger partial charge in [-0.1, -0.05) is 24.3 Å². The van der Waals surface area contributed by atoms with Crippen molar-refractivity contribution in [2.45, 2.75) is 0 Å². The third kappa shape index (κ3) is 1.80. The van der Waals surface area contributed by atoms with Crippen LogP contribution in [-0.2, 0) is 0 Å². The molecule has 96 valence electrons. The highest BCUT2D eigenvalue weighted by atomic mass is 16.5. The summed E-state index contributed by atoms with van der Waals surface area (Å²) in [4.78, 5) is 4.16. The molecular formula is C17H11NO2. The SMILES string of the molecule is c1ccc(Oc2ccc3oc4ccccc4c3c2)nc1. The third-order valence-electron chi connectivity index (χ3n) is 3.21. The van der Waals surface area contributed by atoms with Gasteiger partial charge in [-0.05, 0) is 30.3 Å². The number of ether oxygens (including phenoxy) is 1. The molecule has 20 heavy (non-hydrogen) atoms. The van der Waals surface area contributed by atoms with Crippen LogP contribution >= 0.6 is 0 Å². The topological polar surface area (TPSA) is 35.3 Å². The van der Waals surface area contributed by atoms with Crippen molar-refractivity contribution in [3.8, 4) is 11.6 Å². The summed E-state index contributed by atoms with van der Waals surface area (Å²) >= 11 is 0. The number of hydrogen-bond acceptors (Lipinski definition) is 3. The van der Waals surface area contributed by atoms with Crippen LogP contribution in [0.4, 0.5) is 0 Å². The van der Waals surface area contributed by atoms with E-state index >= 15 is 0 Å². The molecule has 2 aromatic carbocycles. The average molecular weight is 261 g/mol. The summed E-state index contributed by atoms with van der Waals surface area (Å²) in [6.07, 6.45) is 1.71. The number of benzene rings is 2. The summed E-state index contributed by atoms with van der Waals surface area (Å²) < 4.78 is 11.5. The van der Waals surface area contributed by atoms with E-state index in [0.717, 1.165) is 27.7 Å². The monoisotopic (exact) mass is 261 g/mol. The summed E-state index contributed by atoms with van der Waals surface area (Å²) in [6, 6.07) is 19.4. The van der Waals surface area contributed by atoms with Crippen LogP contribution in [0.15, 0.2) is 71.3 Å². The molecule has 0 aliphatic carbocycles. The highest BCUT2D eigenvalue weighted by molar-refractivity contribution is 6.05. The zero-order valence-electron chi connectivity index (χ0n) is 10.6.